The highest BCUT2D eigenvalue weighted by atomic mass is 19.1. The van der Waals surface area contributed by atoms with E-state index in [9.17, 15) is 9.18 Å². The van der Waals surface area contributed by atoms with E-state index in [1.807, 2.05) is 0 Å². The Morgan fingerprint density at radius 1 is 1.53 bits per heavy atom. The molecule has 0 radical (unpaired) electrons. The summed E-state index contributed by atoms with van der Waals surface area (Å²) in [4.78, 5) is 12.6. The van der Waals surface area contributed by atoms with Crippen molar-refractivity contribution in [1.82, 2.24) is 10.2 Å². The average molecular weight is 214 g/mol. The smallest absolute Gasteiger partial charge is 0.324 e. The lowest BCUT2D eigenvalue weighted by Crippen LogP contribution is -2.48. The Balaban J connectivity index is 2.13. The molecule has 3 N–H and O–H groups in total. The topological polar surface area (TPSA) is 72.8 Å². The molecule has 82 valence electrons. The summed E-state index contributed by atoms with van der Waals surface area (Å²) in [6.07, 6.45) is 1.96. The Labute approximate surface area is 85.5 Å². The minimum absolute atomic E-state index is 0.139. The molecule has 0 saturated carbocycles. The summed E-state index contributed by atoms with van der Waals surface area (Å²) in [7, 11) is 0. The molecule has 0 fully saturated rings. The summed E-state index contributed by atoms with van der Waals surface area (Å²) in [6, 6.07) is -1.00. The van der Waals surface area contributed by atoms with Crippen LogP contribution in [0.3, 0.4) is 0 Å². The molecule has 1 heterocycles. The van der Waals surface area contributed by atoms with Crippen LogP contribution in [0.5, 0.6) is 0 Å². The molecule has 0 aromatic carbocycles. The van der Waals surface area contributed by atoms with Crippen molar-refractivity contribution in [2.45, 2.75) is 24.8 Å². The van der Waals surface area contributed by atoms with Crippen LogP contribution >= 0.6 is 0 Å². The van der Waals surface area contributed by atoms with Crippen LogP contribution in [0.25, 0.3) is 0 Å². The maximum absolute atomic E-state index is 12.9. The van der Waals surface area contributed by atoms with Gasteiger partial charge in [0.15, 0.2) is 0 Å². The van der Waals surface area contributed by atoms with Gasteiger partial charge in [0.2, 0.25) is 0 Å². The van der Waals surface area contributed by atoms with Crippen LogP contribution in [0.1, 0.15) is 6.42 Å². The molecule has 0 aromatic heterocycles. The number of nitrogens with zero attached hydrogens (tertiary/aromatic N) is 1. The van der Waals surface area contributed by atoms with E-state index in [2.05, 4.69) is 5.32 Å². The van der Waals surface area contributed by atoms with Gasteiger partial charge >= 0.3 is 6.03 Å². The Hall–Kier alpha value is -1.40. The van der Waals surface area contributed by atoms with Crippen LogP contribution in [-0.2, 0) is 0 Å². The van der Waals surface area contributed by atoms with Crippen molar-refractivity contribution in [3.8, 4) is 0 Å². The number of halogens is 1. The standard InChI is InChI=1S/C9H11FN2O3/c10-6-3-5(4-7(6)13)12-2-1-8(14)11-9(12)15/h1-3,5,7-8,13-14H,4H2,(H,11,15)/t5-,7+,8?/m0/s1. The first-order valence-corrected chi connectivity index (χ1v) is 4.58. The highest BCUT2D eigenvalue weighted by molar-refractivity contribution is 5.77. The van der Waals surface area contributed by atoms with Gasteiger partial charge in [0.25, 0.3) is 0 Å². The number of carbonyl (C=O) groups is 1. The minimum atomic E-state index is -1.14. The molecule has 2 amide bonds. The largest absolute Gasteiger partial charge is 0.386 e. The summed E-state index contributed by atoms with van der Waals surface area (Å²) in [6.45, 7) is 0. The number of rotatable bonds is 1. The van der Waals surface area contributed by atoms with Crippen LogP contribution in [-0.4, -0.2) is 39.5 Å². The van der Waals surface area contributed by atoms with Crippen molar-refractivity contribution in [1.29, 1.82) is 0 Å². The first-order valence-electron chi connectivity index (χ1n) is 4.58. The maximum atomic E-state index is 12.9. The van der Waals surface area contributed by atoms with E-state index in [-0.39, 0.29) is 6.42 Å². The summed E-state index contributed by atoms with van der Waals surface area (Å²) in [5.41, 5.74) is 0. The molecule has 0 aromatic rings. The van der Waals surface area contributed by atoms with E-state index >= 15 is 0 Å². The molecule has 2 rings (SSSR count). The first-order chi connectivity index (χ1) is 7.08. The predicted molar refractivity (Wildman–Crippen MR) is 49.1 cm³/mol. The third kappa shape index (κ3) is 1.86. The van der Waals surface area contributed by atoms with Gasteiger partial charge in [-0.15, -0.1) is 0 Å². The number of aliphatic hydroxyl groups is 2. The van der Waals surface area contributed by atoms with Gasteiger partial charge < -0.3 is 15.5 Å². The molecule has 0 spiro atoms. The number of hydrogen-bond donors (Lipinski definition) is 3. The maximum Gasteiger partial charge on any atom is 0.324 e. The summed E-state index contributed by atoms with van der Waals surface area (Å²) in [5, 5.41) is 20.5. The van der Waals surface area contributed by atoms with Crippen molar-refractivity contribution < 1.29 is 19.4 Å². The Morgan fingerprint density at radius 2 is 2.27 bits per heavy atom. The third-order valence-corrected chi connectivity index (χ3v) is 2.43. The second kappa shape index (κ2) is 3.63. The van der Waals surface area contributed by atoms with Crippen molar-refractivity contribution >= 4 is 6.03 Å². The van der Waals surface area contributed by atoms with Crippen LogP contribution in [0.15, 0.2) is 24.2 Å². The number of nitrogens with one attached hydrogen (secondary N) is 1. The quantitative estimate of drug-likeness (QED) is 0.567. The Kier molecular flexibility index (Phi) is 2.45. The molecular formula is C9H11FN2O3. The lowest BCUT2D eigenvalue weighted by atomic mass is 10.2. The normalized spacial score (nSPS) is 35.4. The summed E-state index contributed by atoms with van der Waals surface area (Å²) < 4.78 is 12.9. The second-order valence-corrected chi connectivity index (χ2v) is 3.51. The zero-order chi connectivity index (χ0) is 11.0. The fourth-order valence-corrected chi connectivity index (χ4v) is 1.65. The number of urea groups is 1. The highest BCUT2D eigenvalue weighted by Gasteiger charge is 2.32. The molecular weight excluding hydrogens is 203 g/mol. The van der Waals surface area contributed by atoms with Gasteiger partial charge in [-0.2, -0.15) is 0 Å². The van der Waals surface area contributed by atoms with Crippen molar-refractivity contribution in [3.05, 3.63) is 24.2 Å². The lowest BCUT2D eigenvalue weighted by Gasteiger charge is -2.29. The van der Waals surface area contributed by atoms with Gasteiger partial charge in [-0.3, -0.25) is 4.90 Å². The molecule has 5 nitrogen and oxygen atoms in total. The van der Waals surface area contributed by atoms with Crippen LogP contribution in [0.2, 0.25) is 0 Å². The minimum Gasteiger partial charge on any atom is -0.386 e. The predicted octanol–water partition coefficient (Wildman–Crippen LogP) is -0.170. The molecule has 6 heteroatoms. The van der Waals surface area contributed by atoms with Crippen molar-refractivity contribution in [2.75, 3.05) is 0 Å². The molecule has 15 heavy (non-hydrogen) atoms. The molecule has 1 unspecified atom stereocenters. The highest BCUT2D eigenvalue weighted by Crippen LogP contribution is 2.25. The molecule has 2 aliphatic rings. The molecule has 1 aliphatic heterocycles. The number of carbonyl (C=O) groups excluding carboxylic acids is 1. The molecule has 1 aliphatic carbocycles. The molecule has 3 atom stereocenters. The van der Waals surface area contributed by atoms with E-state index in [0.717, 1.165) is 0 Å². The number of hydrogen-bond acceptors (Lipinski definition) is 3. The Morgan fingerprint density at radius 3 is 2.80 bits per heavy atom. The summed E-state index contributed by atoms with van der Waals surface area (Å²) >= 11 is 0. The van der Waals surface area contributed by atoms with Crippen molar-refractivity contribution in [2.24, 2.45) is 0 Å². The van der Waals surface area contributed by atoms with Gasteiger partial charge in [0.1, 0.15) is 18.2 Å². The van der Waals surface area contributed by atoms with E-state index in [1.165, 1.54) is 23.3 Å². The van der Waals surface area contributed by atoms with Crippen LogP contribution in [0.4, 0.5) is 9.18 Å². The van der Waals surface area contributed by atoms with Gasteiger partial charge in [0, 0.05) is 12.6 Å². The summed E-state index contributed by atoms with van der Waals surface area (Å²) in [5.74, 6) is -0.618. The van der Waals surface area contributed by atoms with Crippen LogP contribution in [0, 0.1) is 0 Å². The first kappa shape index (κ1) is 10.1. The lowest BCUT2D eigenvalue weighted by molar-refractivity contribution is 0.137. The molecule has 0 saturated heterocycles. The fraction of sp³-hybridized carbons (Fsp3) is 0.444. The van der Waals surface area contributed by atoms with E-state index in [4.69, 9.17) is 10.2 Å². The van der Waals surface area contributed by atoms with Gasteiger partial charge in [-0.1, -0.05) is 0 Å². The van der Waals surface area contributed by atoms with Crippen LogP contribution < -0.4 is 5.32 Å². The Bertz CT molecular complexity index is 342. The van der Waals surface area contributed by atoms with E-state index < -0.39 is 30.2 Å². The monoisotopic (exact) mass is 214 g/mol. The van der Waals surface area contributed by atoms with Gasteiger partial charge in [-0.25, -0.2) is 9.18 Å². The van der Waals surface area contributed by atoms with Gasteiger partial charge in [-0.05, 0) is 12.2 Å². The third-order valence-electron chi connectivity index (χ3n) is 2.43. The van der Waals surface area contributed by atoms with E-state index in [0.29, 0.717) is 0 Å². The zero-order valence-electron chi connectivity index (χ0n) is 7.80. The SMILES string of the molecule is O=C1NC(O)C=CN1[C@H]1C=C(F)[C@H](O)C1. The number of amides is 2. The van der Waals surface area contributed by atoms with E-state index in [1.54, 1.807) is 0 Å². The zero-order valence-corrected chi connectivity index (χ0v) is 7.80. The van der Waals surface area contributed by atoms with Crippen molar-refractivity contribution in [3.63, 3.8) is 0 Å². The van der Waals surface area contributed by atoms with Gasteiger partial charge in [0.05, 0.1) is 6.04 Å². The number of aliphatic hydroxyl groups excluding tert-OH is 2. The fourth-order valence-electron chi connectivity index (χ4n) is 1.65. The second-order valence-electron chi connectivity index (χ2n) is 3.51. The molecule has 0 bridgehead atoms. The average Bonchev–Trinajstić information content (AvgIpc) is 2.46.